The molecule has 96 valence electrons. The third-order valence-electron chi connectivity index (χ3n) is 2.97. The maximum Gasteiger partial charge on any atom is 0.323 e. The number of halogens is 1. The molecule has 1 aromatic carbocycles. The molecule has 1 N–H and O–H groups in total. The predicted octanol–water partition coefficient (Wildman–Crippen LogP) is 1.82. The number of hydrogen-bond acceptors (Lipinski definition) is 2. The number of carboxylic acids is 1. The highest BCUT2D eigenvalue weighted by atomic mass is 19.1. The van der Waals surface area contributed by atoms with Gasteiger partial charge in [-0.15, -0.1) is 0 Å². The van der Waals surface area contributed by atoms with Crippen LogP contribution in [0.25, 0.3) is 0 Å². The van der Waals surface area contributed by atoms with E-state index in [1.807, 2.05) is 0 Å². The summed E-state index contributed by atoms with van der Waals surface area (Å²) < 4.78 is 13.4. The fraction of sp³-hybridized carbons (Fsp3) is 0.385. The van der Waals surface area contributed by atoms with E-state index >= 15 is 0 Å². The molecule has 1 amide bonds. The second kappa shape index (κ2) is 4.76. The van der Waals surface area contributed by atoms with Crippen LogP contribution in [0.5, 0.6) is 0 Å². The van der Waals surface area contributed by atoms with Crippen LogP contribution < -0.4 is 0 Å². The molecule has 0 atom stereocenters. The van der Waals surface area contributed by atoms with E-state index in [9.17, 15) is 14.0 Å². The van der Waals surface area contributed by atoms with Crippen molar-refractivity contribution in [3.8, 4) is 0 Å². The molecule has 0 saturated heterocycles. The lowest BCUT2D eigenvalue weighted by Gasteiger charge is -2.20. The summed E-state index contributed by atoms with van der Waals surface area (Å²) >= 11 is 0. The Kier molecular flexibility index (Phi) is 3.32. The molecule has 0 radical (unpaired) electrons. The molecule has 0 unspecified atom stereocenters. The van der Waals surface area contributed by atoms with Gasteiger partial charge in [0.2, 0.25) is 0 Å². The summed E-state index contributed by atoms with van der Waals surface area (Å²) in [7, 11) is 0. The minimum Gasteiger partial charge on any atom is -0.480 e. The summed E-state index contributed by atoms with van der Waals surface area (Å²) in [6.45, 7) is 1.28. The van der Waals surface area contributed by atoms with Crippen LogP contribution in [0, 0.1) is 12.7 Å². The second-order valence-electron chi connectivity index (χ2n) is 4.52. The lowest BCUT2D eigenvalue weighted by atomic mass is 10.1. The predicted molar refractivity (Wildman–Crippen MR) is 62.8 cm³/mol. The Labute approximate surface area is 104 Å². The van der Waals surface area contributed by atoms with Crippen LogP contribution in [0.1, 0.15) is 28.8 Å². The van der Waals surface area contributed by atoms with Crippen LogP contribution in [-0.2, 0) is 4.79 Å². The molecule has 1 aliphatic carbocycles. The number of nitrogens with zero attached hydrogens (tertiary/aromatic N) is 1. The average molecular weight is 251 g/mol. The molecule has 1 fully saturated rings. The van der Waals surface area contributed by atoms with E-state index in [0.29, 0.717) is 5.56 Å². The summed E-state index contributed by atoms with van der Waals surface area (Å²) in [5, 5.41) is 8.79. The van der Waals surface area contributed by atoms with Crippen molar-refractivity contribution in [1.29, 1.82) is 0 Å². The van der Waals surface area contributed by atoms with Crippen LogP contribution in [0.15, 0.2) is 18.2 Å². The SMILES string of the molecule is Cc1ccc(C(=O)N(CC(=O)O)C2CC2)cc1F. The quantitative estimate of drug-likeness (QED) is 0.888. The van der Waals surface area contributed by atoms with Gasteiger partial charge in [-0.1, -0.05) is 6.07 Å². The van der Waals surface area contributed by atoms with Crippen LogP contribution in [0.3, 0.4) is 0 Å². The second-order valence-corrected chi connectivity index (χ2v) is 4.52. The topological polar surface area (TPSA) is 57.6 Å². The van der Waals surface area contributed by atoms with Gasteiger partial charge in [0, 0.05) is 11.6 Å². The van der Waals surface area contributed by atoms with Crippen molar-refractivity contribution >= 4 is 11.9 Å². The van der Waals surface area contributed by atoms with Crippen molar-refractivity contribution in [3.05, 3.63) is 35.1 Å². The zero-order valence-corrected chi connectivity index (χ0v) is 10.0. The highest BCUT2D eigenvalue weighted by molar-refractivity contribution is 5.96. The van der Waals surface area contributed by atoms with Gasteiger partial charge in [0.25, 0.3) is 5.91 Å². The molecule has 2 rings (SSSR count). The highest BCUT2D eigenvalue weighted by Gasteiger charge is 2.34. The molecule has 4 nitrogen and oxygen atoms in total. The molecule has 0 bridgehead atoms. The molecule has 0 heterocycles. The first-order valence-corrected chi connectivity index (χ1v) is 5.78. The first kappa shape index (κ1) is 12.5. The van der Waals surface area contributed by atoms with Crippen molar-refractivity contribution in [1.82, 2.24) is 4.90 Å². The van der Waals surface area contributed by atoms with E-state index < -0.39 is 17.7 Å². The van der Waals surface area contributed by atoms with Gasteiger partial charge < -0.3 is 10.0 Å². The van der Waals surface area contributed by atoms with Gasteiger partial charge >= 0.3 is 5.97 Å². The number of hydrogen-bond donors (Lipinski definition) is 1. The highest BCUT2D eigenvalue weighted by Crippen LogP contribution is 2.28. The number of carbonyl (C=O) groups is 2. The molecule has 18 heavy (non-hydrogen) atoms. The first-order valence-electron chi connectivity index (χ1n) is 5.78. The molecule has 0 spiro atoms. The molecule has 0 aromatic heterocycles. The summed E-state index contributed by atoms with van der Waals surface area (Å²) in [5.74, 6) is -1.92. The van der Waals surface area contributed by atoms with Crippen molar-refractivity contribution in [2.24, 2.45) is 0 Å². The maximum atomic E-state index is 13.4. The van der Waals surface area contributed by atoms with E-state index in [1.54, 1.807) is 6.92 Å². The zero-order chi connectivity index (χ0) is 13.3. The lowest BCUT2D eigenvalue weighted by molar-refractivity contribution is -0.137. The number of amides is 1. The van der Waals surface area contributed by atoms with E-state index in [2.05, 4.69) is 0 Å². The van der Waals surface area contributed by atoms with Gasteiger partial charge in [-0.25, -0.2) is 4.39 Å². The van der Waals surface area contributed by atoms with E-state index in [4.69, 9.17) is 5.11 Å². The normalized spacial score (nSPS) is 14.3. The number of rotatable bonds is 4. The van der Waals surface area contributed by atoms with Crippen LogP contribution in [0.4, 0.5) is 4.39 Å². The minimum absolute atomic E-state index is 0.0158. The van der Waals surface area contributed by atoms with E-state index in [1.165, 1.54) is 17.0 Å². The third kappa shape index (κ3) is 2.67. The van der Waals surface area contributed by atoms with Crippen molar-refractivity contribution in [2.75, 3.05) is 6.54 Å². The fourth-order valence-electron chi connectivity index (χ4n) is 1.79. The average Bonchev–Trinajstić information content (AvgIpc) is 3.12. The van der Waals surface area contributed by atoms with Gasteiger partial charge in [0.05, 0.1) is 0 Å². The standard InChI is InChI=1S/C13H14FNO3/c1-8-2-3-9(6-11(8)14)13(18)15(7-12(16)17)10-4-5-10/h2-3,6,10H,4-5,7H2,1H3,(H,16,17). The molecular formula is C13H14FNO3. The fourth-order valence-corrected chi connectivity index (χ4v) is 1.79. The Morgan fingerprint density at radius 2 is 2.11 bits per heavy atom. The zero-order valence-electron chi connectivity index (χ0n) is 10.0. The Morgan fingerprint density at radius 3 is 2.61 bits per heavy atom. The number of benzene rings is 1. The third-order valence-corrected chi connectivity index (χ3v) is 2.97. The van der Waals surface area contributed by atoms with Crippen molar-refractivity contribution in [3.63, 3.8) is 0 Å². The van der Waals surface area contributed by atoms with Crippen molar-refractivity contribution < 1.29 is 19.1 Å². The molecular weight excluding hydrogens is 237 g/mol. The molecule has 0 aliphatic heterocycles. The molecule has 1 saturated carbocycles. The van der Waals surface area contributed by atoms with Gasteiger partial charge in [0.1, 0.15) is 12.4 Å². The first-order chi connectivity index (χ1) is 8.49. The number of aliphatic carboxylic acids is 1. The Balaban J connectivity index is 2.21. The lowest BCUT2D eigenvalue weighted by Crippen LogP contribution is -2.37. The number of carbonyl (C=O) groups excluding carboxylic acids is 1. The smallest absolute Gasteiger partial charge is 0.323 e. The van der Waals surface area contributed by atoms with Gasteiger partial charge in [-0.3, -0.25) is 9.59 Å². The largest absolute Gasteiger partial charge is 0.480 e. The van der Waals surface area contributed by atoms with Crippen LogP contribution >= 0.6 is 0 Å². The summed E-state index contributed by atoms with van der Waals surface area (Å²) in [6, 6.07) is 4.19. The monoisotopic (exact) mass is 251 g/mol. The molecule has 5 heteroatoms. The van der Waals surface area contributed by atoms with E-state index in [-0.39, 0.29) is 18.2 Å². The Hall–Kier alpha value is -1.91. The summed E-state index contributed by atoms with van der Waals surface area (Å²) in [4.78, 5) is 24.2. The van der Waals surface area contributed by atoms with Gasteiger partial charge in [-0.2, -0.15) is 0 Å². The van der Waals surface area contributed by atoms with Gasteiger partial charge in [0.15, 0.2) is 0 Å². The minimum atomic E-state index is -1.05. The summed E-state index contributed by atoms with van der Waals surface area (Å²) in [5.41, 5.74) is 0.661. The number of aryl methyl sites for hydroxylation is 1. The number of carboxylic acid groups (broad SMARTS) is 1. The maximum absolute atomic E-state index is 13.4. The van der Waals surface area contributed by atoms with Gasteiger partial charge in [-0.05, 0) is 37.5 Å². The van der Waals surface area contributed by atoms with E-state index in [0.717, 1.165) is 18.9 Å². The van der Waals surface area contributed by atoms with Crippen LogP contribution in [0.2, 0.25) is 0 Å². The van der Waals surface area contributed by atoms with Crippen LogP contribution in [-0.4, -0.2) is 34.5 Å². The molecule has 1 aliphatic rings. The molecule has 1 aromatic rings. The van der Waals surface area contributed by atoms with Crippen molar-refractivity contribution in [2.45, 2.75) is 25.8 Å². The summed E-state index contributed by atoms with van der Waals surface area (Å²) in [6.07, 6.45) is 1.63. The Bertz CT molecular complexity index is 497. The Morgan fingerprint density at radius 1 is 1.44 bits per heavy atom.